The Bertz CT molecular complexity index is 294. The molecule has 0 aromatic rings. The first-order valence-electron chi connectivity index (χ1n) is 4.48. The molecule has 1 aliphatic heterocycles. The molecule has 7 nitrogen and oxygen atoms in total. The van der Waals surface area contributed by atoms with Crippen molar-refractivity contribution in [3.63, 3.8) is 0 Å². The number of carbonyl (C=O) groups excluding carboxylic acids is 1. The average molecular weight is 257 g/mol. The van der Waals surface area contributed by atoms with Gasteiger partial charge in [0.15, 0.2) is 5.78 Å². The van der Waals surface area contributed by atoms with Crippen LogP contribution in [0.1, 0.15) is 6.92 Å². The third-order valence-corrected chi connectivity index (χ3v) is 3.00. The summed E-state index contributed by atoms with van der Waals surface area (Å²) in [5.74, 6) is -1.08. The maximum atomic E-state index is 11.2. The predicted octanol–water partition coefficient (Wildman–Crippen LogP) is -2.70. The summed E-state index contributed by atoms with van der Waals surface area (Å²) in [6.45, 7) is 0.118. The number of aliphatic hydroxyl groups is 5. The first-order valence-corrected chi connectivity index (χ1v) is 4.85. The molecule has 0 aromatic heterocycles. The summed E-state index contributed by atoms with van der Waals surface area (Å²) in [5.41, 5.74) is -2.86. The Kier molecular flexibility index (Phi) is 3.61. The van der Waals surface area contributed by atoms with Gasteiger partial charge in [0, 0.05) is 0 Å². The van der Waals surface area contributed by atoms with E-state index in [0.29, 0.717) is 0 Å². The third-order valence-electron chi connectivity index (χ3n) is 2.63. The lowest BCUT2D eigenvalue weighted by Gasteiger charge is -2.48. The summed E-state index contributed by atoms with van der Waals surface area (Å²) in [6.07, 6.45) is -5.23. The highest BCUT2D eigenvalue weighted by molar-refractivity contribution is 6.24. The largest absolute Gasteiger partial charge is 0.394 e. The number of carbonyl (C=O) groups is 1. The molecule has 16 heavy (non-hydrogen) atoms. The standard InChI is InChI=1S/C8H13ClO7/c1-3(11)7(14)6(13)5(12)4(2-10)16-8(7,9)15/h4-6,10,12-15H,2H2,1H3/t4-,5-,6+,7-,8-/m1/s1. The van der Waals surface area contributed by atoms with Gasteiger partial charge in [-0.2, -0.15) is 0 Å². The fourth-order valence-electron chi connectivity index (χ4n) is 1.56. The smallest absolute Gasteiger partial charge is 0.286 e. The average Bonchev–Trinajstić information content (AvgIpc) is 2.20. The number of halogens is 1. The minimum atomic E-state index is -2.91. The van der Waals surface area contributed by atoms with E-state index in [-0.39, 0.29) is 0 Å². The minimum absolute atomic E-state index is 0.749. The first kappa shape index (κ1) is 13.8. The number of aliphatic hydroxyl groups excluding tert-OH is 3. The highest BCUT2D eigenvalue weighted by Crippen LogP contribution is 2.39. The molecular formula is C8H13ClO7. The lowest BCUT2D eigenvalue weighted by molar-refractivity contribution is -0.338. The van der Waals surface area contributed by atoms with E-state index in [9.17, 15) is 25.2 Å². The molecule has 0 aromatic carbocycles. The fourth-order valence-corrected chi connectivity index (χ4v) is 1.92. The Morgan fingerprint density at radius 1 is 1.44 bits per heavy atom. The van der Waals surface area contributed by atoms with Gasteiger partial charge in [-0.25, -0.2) is 0 Å². The fraction of sp³-hybridized carbons (Fsp3) is 0.875. The van der Waals surface area contributed by atoms with Crippen LogP contribution in [0.3, 0.4) is 0 Å². The highest BCUT2D eigenvalue weighted by atomic mass is 35.5. The van der Waals surface area contributed by atoms with Gasteiger partial charge in [0.05, 0.1) is 6.61 Å². The molecule has 94 valence electrons. The van der Waals surface area contributed by atoms with Crippen molar-refractivity contribution in [3.8, 4) is 0 Å². The third kappa shape index (κ3) is 1.74. The van der Waals surface area contributed by atoms with Crippen molar-refractivity contribution in [2.24, 2.45) is 0 Å². The van der Waals surface area contributed by atoms with Gasteiger partial charge >= 0.3 is 0 Å². The van der Waals surface area contributed by atoms with Crippen LogP contribution in [0.15, 0.2) is 0 Å². The van der Waals surface area contributed by atoms with E-state index >= 15 is 0 Å². The minimum Gasteiger partial charge on any atom is -0.394 e. The molecule has 1 heterocycles. The molecule has 1 fully saturated rings. The lowest BCUT2D eigenvalue weighted by Crippen LogP contribution is -2.73. The predicted molar refractivity (Wildman–Crippen MR) is 50.4 cm³/mol. The van der Waals surface area contributed by atoms with Crippen molar-refractivity contribution < 1.29 is 35.1 Å². The normalized spacial score (nSPS) is 49.1. The monoisotopic (exact) mass is 256 g/mol. The van der Waals surface area contributed by atoms with E-state index in [1.807, 2.05) is 0 Å². The van der Waals surface area contributed by atoms with Gasteiger partial charge < -0.3 is 30.3 Å². The summed E-state index contributed by atoms with van der Waals surface area (Å²) in [7, 11) is 0. The second-order valence-electron chi connectivity index (χ2n) is 3.66. The van der Waals surface area contributed by atoms with Gasteiger partial charge in [-0.1, -0.05) is 11.6 Å². The second-order valence-corrected chi connectivity index (χ2v) is 4.17. The van der Waals surface area contributed by atoms with E-state index in [1.165, 1.54) is 0 Å². The molecule has 0 saturated carbocycles. The van der Waals surface area contributed by atoms with E-state index in [2.05, 4.69) is 4.74 Å². The summed E-state index contributed by atoms with van der Waals surface area (Å²) >= 11 is 5.39. The van der Waals surface area contributed by atoms with Crippen LogP contribution in [0.5, 0.6) is 0 Å². The molecule has 0 bridgehead atoms. The molecule has 0 radical (unpaired) electrons. The number of rotatable bonds is 2. The van der Waals surface area contributed by atoms with Crippen LogP contribution in [0, 0.1) is 0 Å². The lowest BCUT2D eigenvalue weighted by atomic mass is 9.83. The summed E-state index contributed by atoms with van der Waals surface area (Å²) in [6, 6.07) is 0. The van der Waals surface area contributed by atoms with Crippen LogP contribution in [-0.2, 0) is 9.53 Å². The number of alkyl halides is 1. The van der Waals surface area contributed by atoms with Crippen LogP contribution in [0.25, 0.3) is 0 Å². The molecule has 1 saturated heterocycles. The van der Waals surface area contributed by atoms with E-state index < -0.39 is 41.5 Å². The molecule has 5 atom stereocenters. The Labute approximate surface area is 95.8 Å². The van der Waals surface area contributed by atoms with E-state index in [4.69, 9.17) is 16.7 Å². The van der Waals surface area contributed by atoms with E-state index in [0.717, 1.165) is 6.92 Å². The van der Waals surface area contributed by atoms with Crippen molar-refractivity contribution in [2.45, 2.75) is 36.1 Å². The molecule has 0 spiro atoms. The van der Waals surface area contributed by atoms with Gasteiger partial charge in [-0.3, -0.25) is 4.79 Å². The molecule has 8 heteroatoms. The van der Waals surface area contributed by atoms with Crippen LogP contribution in [0.4, 0.5) is 0 Å². The number of hydrogen-bond acceptors (Lipinski definition) is 7. The zero-order chi connectivity index (χ0) is 12.7. The van der Waals surface area contributed by atoms with Gasteiger partial charge in [0.2, 0.25) is 5.60 Å². The maximum absolute atomic E-state index is 11.2. The topological polar surface area (TPSA) is 127 Å². The van der Waals surface area contributed by atoms with Crippen LogP contribution < -0.4 is 0 Å². The van der Waals surface area contributed by atoms with Crippen LogP contribution in [-0.4, -0.2) is 67.1 Å². The molecule has 0 amide bonds. The van der Waals surface area contributed by atoms with Crippen molar-refractivity contribution in [2.75, 3.05) is 6.61 Å². The van der Waals surface area contributed by atoms with Crippen LogP contribution in [0.2, 0.25) is 0 Å². The quantitative estimate of drug-likeness (QED) is 0.340. The maximum Gasteiger partial charge on any atom is 0.286 e. The van der Waals surface area contributed by atoms with Crippen molar-refractivity contribution in [1.82, 2.24) is 0 Å². The molecule has 1 aliphatic rings. The number of Topliss-reactive ketones (excluding diaryl/α,β-unsaturated/α-hetero) is 1. The Balaban J connectivity index is 3.15. The summed E-state index contributed by atoms with van der Waals surface area (Å²) in [5, 5.41) is 44.2. The number of ketones is 1. The molecular weight excluding hydrogens is 244 g/mol. The zero-order valence-corrected chi connectivity index (χ0v) is 9.13. The van der Waals surface area contributed by atoms with Crippen molar-refractivity contribution in [3.05, 3.63) is 0 Å². The molecule has 0 aliphatic carbocycles. The van der Waals surface area contributed by atoms with Crippen molar-refractivity contribution in [1.29, 1.82) is 0 Å². The Morgan fingerprint density at radius 2 is 1.94 bits per heavy atom. The Hall–Kier alpha value is -0.280. The number of hydrogen-bond donors (Lipinski definition) is 5. The second kappa shape index (κ2) is 4.19. The molecule has 5 N–H and O–H groups in total. The van der Waals surface area contributed by atoms with Gasteiger partial charge in [-0.05, 0) is 6.92 Å². The molecule has 0 unspecified atom stereocenters. The van der Waals surface area contributed by atoms with E-state index in [1.54, 1.807) is 0 Å². The summed E-state index contributed by atoms with van der Waals surface area (Å²) in [4.78, 5) is 11.2. The zero-order valence-electron chi connectivity index (χ0n) is 8.37. The summed E-state index contributed by atoms with van der Waals surface area (Å²) < 4.78 is 4.57. The SMILES string of the molecule is CC(=O)[C@@]1(O)[C@@H](O)[C@H](O)[C@@H](CO)O[C@@]1(O)Cl. The first-order chi connectivity index (χ1) is 7.18. The van der Waals surface area contributed by atoms with Gasteiger partial charge in [-0.15, -0.1) is 0 Å². The Morgan fingerprint density at radius 3 is 2.31 bits per heavy atom. The highest BCUT2D eigenvalue weighted by Gasteiger charge is 2.65. The molecule has 1 rings (SSSR count). The van der Waals surface area contributed by atoms with Gasteiger partial charge in [0.25, 0.3) is 5.25 Å². The van der Waals surface area contributed by atoms with Crippen molar-refractivity contribution >= 4 is 17.4 Å². The van der Waals surface area contributed by atoms with Crippen LogP contribution >= 0.6 is 11.6 Å². The number of ether oxygens (including phenoxy) is 1. The van der Waals surface area contributed by atoms with Gasteiger partial charge in [0.1, 0.15) is 18.3 Å².